The van der Waals surface area contributed by atoms with Gasteiger partial charge in [-0.3, -0.25) is 14.0 Å². The summed E-state index contributed by atoms with van der Waals surface area (Å²) >= 11 is 1.27. The normalized spacial score (nSPS) is 12.3. The van der Waals surface area contributed by atoms with Crippen molar-refractivity contribution in [2.24, 2.45) is 7.05 Å². The van der Waals surface area contributed by atoms with Crippen LogP contribution in [0.4, 0.5) is 5.69 Å². The maximum Gasteiger partial charge on any atom is 0.261 e. The zero-order valence-electron chi connectivity index (χ0n) is 18.9. The van der Waals surface area contributed by atoms with Crippen molar-refractivity contribution in [3.63, 3.8) is 0 Å². The van der Waals surface area contributed by atoms with Crippen LogP contribution in [-0.4, -0.2) is 42.6 Å². The molecule has 0 fully saturated rings. The summed E-state index contributed by atoms with van der Waals surface area (Å²) in [6.07, 6.45) is 2.08. The van der Waals surface area contributed by atoms with Crippen molar-refractivity contribution in [2.75, 3.05) is 17.9 Å². The van der Waals surface area contributed by atoms with Gasteiger partial charge in [-0.05, 0) is 37.6 Å². The number of pyridine rings is 1. The van der Waals surface area contributed by atoms with E-state index >= 15 is 0 Å². The number of fused-ring (bicyclic) bond motifs is 2. The number of ether oxygens (including phenoxy) is 2. The van der Waals surface area contributed by atoms with E-state index in [0.717, 1.165) is 5.56 Å². The maximum absolute atomic E-state index is 13.1. The smallest absolute Gasteiger partial charge is 0.261 e. The Balaban J connectivity index is 1.28. The van der Waals surface area contributed by atoms with Crippen LogP contribution in [0.5, 0.6) is 11.5 Å². The molecular weight excluding hydrogens is 456 g/mol. The molecule has 0 atom stereocenters. The number of aryl methyl sites for hydroxylation is 2. The lowest BCUT2D eigenvalue weighted by molar-refractivity contribution is -0.113. The predicted molar refractivity (Wildman–Crippen MR) is 127 cm³/mol. The van der Waals surface area contributed by atoms with Gasteiger partial charge >= 0.3 is 0 Å². The van der Waals surface area contributed by atoms with Gasteiger partial charge in [0.25, 0.3) is 5.56 Å². The van der Waals surface area contributed by atoms with Gasteiger partial charge in [-0.2, -0.15) is 0 Å². The third kappa shape index (κ3) is 4.21. The molecule has 34 heavy (non-hydrogen) atoms. The number of nitrogens with zero attached hydrogens (tertiary/aromatic N) is 5. The van der Waals surface area contributed by atoms with Crippen molar-refractivity contribution >= 4 is 29.0 Å². The topological polar surface area (TPSA) is 113 Å². The van der Waals surface area contributed by atoms with Gasteiger partial charge in [0.2, 0.25) is 12.7 Å². The van der Waals surface area contributed by atoms with Gasteiger partial charge in [-0.15, -0.1) is 10.2 Å². The van der Waals surface area contributed by atoms with Crippen LogP contribution in [0.15, 0.2) is 46.5 Å². The van der Waals surface area contributed by atoms with Crippen molar-refractivity contribution in [1.29, 1.82) is 0 Å². The highest BCUT2D eigenvalue weighted by atomic mass is 32.2. The second-order valence-electron chi connectivity index (χ2n) is 7.96. The summed E-state index contributed by atoms with van der Waals surface area (Å²) in [5.74, 6) is 1.85. The molecular formula is C23H22N6O4S. The lowest BCUT2D eigenvalue weighted by Gasteiger charge is -2.09. The summed E-state index contributed by atoms with van der Waals surface area (Å²) in [6, 6.07) is 9.00. The number of carbonyl (C=O) groups is 1. The molecule has 0 bridgehead atoms. The molecule has 0 unspecified atom stereocenters. The molecule has 4 aromatic rings. The van der Waals surface area contributed by atoms with Gasteiger partial charge in [-0.1, -0.05) is 17.8 Å². The van der Waals surface area contributed by atoms with Crippen LogP contribution in [0.25, 0.3) is 5.65 Å². The molecule has 11 heteroatoms. The first-order chi connectivity index (χ1) is 16.4. The molecule has 3 aromatic heterocycles. The highest BCUT2D eigenvalue weighted by Crippen LogP contribution is 2.34. The minimum atomic E-state index is -0.184. The monoisotopic (exact) mass is 478 g/mol. The van der Waals surface area contributed by atoms with Crippen molar-refractivity contribution < 1.29 is 14.3 Å². The van der Waals surface area contributed by atoms with Crippen LogP contribution >= 0.6 is 11.8 Å². The molecule has 1 aliphatic rings. The van der Waals surface area contributed by atoms with E-state index in [4.69, 9.17) is 9.47 Å². The van der Waals surface area contributed by atoms with Crippen molar-refractivity contribution in [1.82, 2.24) is 24.1 Å². The molecule has 0 spiro atoms. The number of anilines is 1. The Morgan fingerprint density at radius 1 is 1.15 bits per heavy atom. The van der Waals surface area contributed by atoms with Gasteiger partial charge in [0.05, 0.1) is 5.75 Å². The molecule has 0 saturated heterocycles. The van der Waals surface area contributed by atoms with Crippen molar-refractivity contribution in [2.45, 2.75) is 25.4 Å². The Labute approximate surface area is 198 Å². The largest absolute Gasteiger partial charge is 0.454 e. The second-order valence-corrected chi connectivity index (χ2v) is 8.90. The number of carbonyl (C=O) groups excluding carboxylic acids is 1. The fraction of sp³-hybridized carbons (Fsp3) is 0.261. The molecule has 1 aromatic carbocycles. The number of hydrogen-bond donors (Lipinski definition) is 1. The summed E-state index contributed by atoms with van der Waals surface area (Å²) in [5.41, 5.74) is 3.32. The first-order valence-electron chi connectivity index (χ1n) is 10.6. The van der Waals surface area contributed by atoms with E-state index in [1.807, 2.05) is 33.0 Å². The second kappa shape index (κ2) is 8.82. The van der Waals surface area contributed by atoms with Gasteiger partial charge in [0, 0.05) is 42.7 Å². The SMILES string of the molecule is Cc1ccc2nc(C)c(Cc3nnc(SCC(=O)Nc4ccc5c(c4)OCO5)n3C)c(=O)n2c1. The Morgan fingerprint density at radius 2 is 1.97 bits per heavy atom. The van der Waals surface area contributed by atoms with Gasteiger partial charge in [0.15, 0.2) is 16.7 Å². The lowest BCUT2D eigenvalue weighted by Crippen LogP contribution is -2.22. The van der Waals surface area contributed by atoms with Crippen molar-refractivity contribution in [3.05, 3.63) is 69.5 Å². The van der Waals surface area contributed by atoms with E-state index in [2.05, 4.69) is 20.5 Å². The first kappa shape index (κ1) is 22.0. The molecule has 10 nitrogen and oxygen atoms in total. The molecule has 1 N–H and O–H groups in total. The van der Waals surface area contributed by atoms with Crippen LogP contribution in [0, 0.1) is 13.8 Å². The van der Waals surface area contributed by atoms with E-state index in [1.54, 1.807) is 33.4 Å². The highest BCUT2D eigenvalue weighted by molar-refractivity contribution is 7.99. The Hall–Kier alpha value is -3.86. The molecule has 5 rings (SSSR count). The van der Waals surface area contributed by atoms with Crippen LogP contribution in [0.3, 0.4) is 0 Å². The number of aromatic nitrogens is 5. The Bertz CT molecular complexity index is 1480. The van der Waals surface area contributed by atoms with Crippen LogP contribution < -0.4 is 20.3 Å². The first-order valence-corrected chi connectivity index (χ1v) is 11.6. The van der Waals surface area contributed by atoms with Crippen LogP contribution in [-0.2, 0) is 18.3 Å². The zero-order valence-corrected chi connectivity index (χ0v) is 19.7. The van der Waals surface area contributed by atoms with E-state index in [0.29, 0.717) is 51.5 Å². The molecule has 174 valence electrons. The Kier molecular flexibility index (Phi) is 5.70. The average Bonchev–Trinajstić information content (AvgIpc) is 3.42. The molecule has 4 heterocycles. The summed E-state index contributed by atoms with van der Waals surface area (Å²) in [7, 11) is 1.82. The van der Waals surface area contributed by atoms with Crippen LogP contribution in [0.2, 0.25) is 0 Å². The summed E-state index contributed by atoms with van der Waals surface area (Å²) in [6.45, 7) is 3.93. The van der Waals surface area contributed by atoms with E-state index in [1.165, 1.54) is 11.8 Å². The minimum absolute atomic E-state index is 0.119. The van der Waals surface area contributed by atoms with E-state index in [-0.39, 0.29) is 24.0 Å². The van der Waals surface area contributed by atoms with Crippen LogP contribution in [0.1, 0.15) is 22.6 Å². The number of rotatable bonds is 6. The number of amides is 1. The number of hydrogen-bond acceptors (Lipinski definition) is 8. The molecule has 1 aliphatic heterocycles. The fourth-order valence-electron chi connectivity index (χ4n) is 3.68. The summed E-state index contributed by atoms with van der Waals surface area (Å²) in [5, 5.41) is 11.9. The van der Waals surface area contributed by atoms with E-state index in [9.17, 15) is 9.59 Å². The zero-order chi connectivity index (χ0) is 23.8. The fourth-order valence-corrected chi connectivity index (χ4v) is 4.41. The quantitative estimate of drug-likeness (QED) is 0.421. The maximum atomic E-state index is 13.1. The van der Waals surface area contributed by atoms with Gasteiger partial charge in [-0.25, -0.2) is 4.98 Å². The average molecular weight is 479 g/mol. The molecule has 0 aliphatic carbocycles. The predicted octanol–water partition coefficient (Wildman–Crippen LogP) is 2.49. The Morgan fingerprint density at radius 3 is 2.82 bits per heavy atom. The molecule has 0 saturated carbocycles. The highest BCUT2D eigenvalue weighted by Gasteiger charge is 2.18. The number of benzene rings is 1. The molecule has 0 radical (unpaired) electrons. The van der Waals surface area contributed by atoms with E-state index < -0.39 is 0 Å². The van der Waals surface area contributed by atoms with Crippen molar-refractivity contribution in [3.8, 4) is 11.5 Å². The summed E-state index contributed by atoms with van der Waals surface area (Å²) in [4.78, 5) is 30.1. The van der Waals surface area contributed by atoms with Gasteiger partial charge < -0.3 is 19.4 Å². The number of thioether (sulfide) groups is 1. The van der Waals surface area contributed by atoms with Gasteiger partial charge in [0.1, 0.15) is 11.5 Å². The third-order valence-electron chi connectivity index (χ3n) is 5.52. The number of nitrogens with one attached hydrogen (secondary N) is 1. The minimum Gasteiger partial charge on any atom is -0.454 e. The summed E-state index contributed by atoms with van der Waals surface area (Å²) < 4.78 is 14.0. The molecule has 1 amide bonds. The lowest BCUT2D eigenvalue weighted by atomic mass is 10.1. The standard InChI is InChI=1S/C23H22N6O4S/c1-13-4-7-19-24-14(2)16(22(31)29(19)10-13)9-20-26-27-23(28(20)3)34-11-21(30)25-15-5-6-17-18(8-15)33-12-32-17/h4-8,10H,9,11-12H2,1-3H3,(H,25,30). The third-order valence-corrected chi connectivity index (χ3v) is 6.54.